The Bertz CT molecular complexity index is 892. The van der Waals surface area contributed by atoms with Crippen molar-refractivity contribution in [1.29, 1.82) is 5.41 Å². The van der Waals surface area contributed by atoms with Gasteiger partial charge in [0.25, 0.3) is 0 Å². The number of benzene rings is 2. The third kappa shape index (κ3) is 2.43. The van der Waals surface area contributed by atoms with Crippen LogP contribution in [0.5, 0.6) is 11.5 Å². The molecule has 22 heavy (non-hydrogen) atoms. The SMILES string of the molecule is N=C(S)c1cc(Oc2c(F)cc3[nH]ccc3c2F)ccc1F. The predicted molar refractivity (Wildman–Crippen MR) is 80.5 cm³/mol. The van der Waals surface area contributed by atoms with Crippen LogP contribution in [0.3, 0.4) is 0 Å². The van der Waals surface area contributed by atoms with E-state index in [-0.39, 0.29) is 21.7 Å². The zero-order chi connectivity index (χ0) is 15.9. The lowest BCUT2D eigenvalue weighted by molar-refractivity contribution is 0.410. The lowest BCUT2D eigenvalue weighted by Crippen LogP contribution is -1.98. The molecule has 0 aliphatic rings. The van der Waals surface area contributed by atoms with Crippen molar-refractivity contribution in [3.8, 4) is 11.5 Å². The molecule has 0 amide bonds. The van der Waals surface area contributed by atoms with Crippen LogP contribution < -0.4 is 4.74 Å². The maximum atomic E-state index is 14.3. The molecule has 0 radical (unpaired) electrons. The molecule has 7 heteroatoms. The van der Waals surface area contributed by atoms with E-state index in [1.165, 1.54) is 18.3 Å². The third-order valence-corrected chi connectivity index (χ3v) is 3.36. The van der Waals surface area contributed by atoms with E-state index in [1.807, 2.05) is 0 Å². The average Bonchev–Trinajstić information content (AvgIpc) is 2.93. The van der Waals surface area contributed by atoms with Crippen LogP contribution in [0.2, 0.25) is 0 Å². The molecule has 0 aliphatic carbocycles. The van der Waals surface area contributed by atoms with Crippen molar-refractivity contribution >= 4 is 28.6 Å². The van der Waals surface area contributed by atoms with Gasteiger partial charge in [-0.3, -0.25) is 5.41 Å². The van der Waals surface area contributed by atoms with Gasteiger partial charge in [0.15, 0.2) is 17.4 Å². The van der Waals surface area contributed by atoms with Crippen LogP contribution in [0, 0.1) is 22.9 Å². The lowest BCUT2D eigenvalue weighted by atomic mass is 10.2. The number of hydrogen-bond acceptors (Lipinski definition) is 2. The standard InChI is InChI=1S/C15H9F3N2OS/c16-10-2-1-7(5-9(10)15(19)22)21-14-11(17)6-12-8(13(14)18)3-4-20-12/h1-6,20H,(H2,19,22). The van der Waals surface area contributed by atoms with Crippen molar-refractivity contribution in [1.82, 2.24) is 4.98 Å². The molecule has 2 N–H and O–H groups in total. The molecular weight excluding hydrogens is 313 g/mol. The molecule has 3 rings (SSSR count). The van der Waals surface area contributed by atoms with Crippen molar-refractivity contribution in [2.45, 2.75) is 0 Å². The highest BCUT2D eigenvalue weighted by atomic mass is 32.1. The van der Waals surface area contributed by atoms with E-state index in [0.29, 0.717) is 5.52 Å². The highest BCUT2D eigenvalue weighted by Crippen LogP contribution is 2.33. The molecule has 0 saturated heterocycles. The quantitative estimate of drug-likeness (QED) is 0.367. The Morgan fingerprint density at radius 3 is 2.59 bits per heavy atom. The molecule has 3 aromatic rings. The molecule has 0 saturated carbocycles. The number of aromatic amines is 1. The van der Waals surface area contributed by atoms with Crippen molar-refractivity contribution < 1.29 is 17.9 Å². The van der Waals surface area contributed by atoms with E-state index in [9.17, 15) is 13.2 Å². The molecule has 0 atom stereocenters. The van der Waals surface area contributed by atoms with Crippen LogP contribution in [0.1, 0.15) is 5.56 Å². The number of halogens is 3. The fourth-order valence-corrected chi connectivity index (χ4v) is 2.24. The van der Waals surface area contributed by atoms with Gasteiger partial charge >= 0.3 is 0 Å². The summed E-state index contributed by atoms with van der Waals surface area (Å²) >= 11 is 3.75. The first kappa shape index (κ1) is 14.5. The molecule has 112 valence electrons. The molecule has 0 spiro atoms. The van der Waals surface area contributed by atoms with E-state index < -0.39 is 23.2 Å². The minimum atomic E-state index is -0.890. The first-order valence-corrected chi connectivity index (χ1v) is 6.62. The van der Waals surface area contributed by atoms with Gasteiger partial charge in [0.2, 0.25) is 0 Å². The number of thiol groups is 1. The Hall–Kier alpha value is -2.41. The molecule has 0 bridgehead atoms. The summed E-state index contributed by atoms with van der Waals surface area (Å²) in [7, 11) is 0. The van der Waals surface area contributed by atoms with Gasteiger partial charge in [0.05, 0.1) is 10.6 Å². The van der Waals surface area contributed by atoms with Gasteiger partial charge < -0.3 is 9.72 Å². The fraction of sp³-hybridized carbons (Fsp3) is 0. The minimum Gasteiger partial charge on any atom is -0.451 e. The van der Waals surface area contributed by atoms with Gasteiger partial charge in [0.1, 0.15) is 11.6 Å². The number of ether oxygens (including phenoxy) is 1. The van der Waals surface area contributed by atoms with Gasteiger partial charge in [-0.1, -0.05) is 0 Å². The van der Waals surface area contributed by atoms with Crippen molar-refractivity contribution in [2.24, 2.45) is 0 Å². The molecule has 0 fully saturated rings. The highest BCUT2D eigenvalue weighted by molar-refractivity contribution is 7.97. The fourth-order valence-electron chi connectivity index (χ4n) is 2.07. The van der Waals surface area contributed by atoms with Crippen LogP contribution in [0.15, 0.2) is 36.5 Å². The van der Waals surface area contributed by atoms with E-state index in [1.54, 1.807) is 0 Å². The van der Waals surface area contributed by atoms with E-state index >= 15 is 0 Å². The topological polar surface area (TPSA) is 48.9 Å². The van der Waals surface area contributed by atoms with Crippen LogP contribution in [-0.4, -0.2) is 10.0 Å². The largest absolute Gasteiger partial charge is 0.451 e. The molecule has 1 heterocycles. The Kier molecular flexibility index (Phi) is 3.58. The normalized spacial score (nSPS) is 10.9. The second-order valence-corrected chi connectivity index (χ2v) is 4.98. The highest BCUT2D eigenvalue weighted by Gasteiger charge is 2.17. The molecule has 3 nitrogen and oxygen atoms in total. The summed E-state index contributed by atoms with van der Waals surface area (Å²) in [6.45, 7) is 0. The van der Waals surface area contributed by atoms with Crippen molar-refractivity contribution in [3.63, 3.8) is 0 Å². The monoisotopic (exact) mass is 322 g/mol. The van der Waals surface area contributed by atoms with Gasteiger partial charge in [0, 0.05) is 23.2 Å². The lowest BCUT2D eigenvalue weighted by Gasteiger charge is -2.10. The number of H-pyrrole nitrogens is 1. The summed E-state index contributed by atoms with van der Waals surface area (Å²) < 4.78 is 46.9. The molecule has 0 aliphatic heterocycles. The Labute approximate surface area is 128 Å². The number of aromatic nitrogens is 1. The van der Waals surface area contributed by atoms with Crippen LogP contribution >= 0.6 is 12.6 Å². The number of rotatable bonds is 3. The second kappa shape index (κ2) is 5.42. The summed E-state index contributed by atoms with van der Waals surface area (Å²) in [6, 6.07) is 5.98. The van der Waals surface area contributed by atoms with E-state index in [2.05, 4.69) is 17.6 Å². The minimum absolute atomic E-state index is 0.00267. The van der Waals surface area contributed by atoms with E-state index in [0.717, 1.165) is 18.2 Å². The van der Waals surface area contributed by atoms with Crippen LogP contribution in [0.4, 0.5) is 13.2 Å². The van der Waals surface area contributed by atoms with Crippen molar-refractivity contribution in [3.05, 3.63) is 59.5 Å². The second-order valence-electron chi connectivity index (χ2n) is 4.53. The number of hydrogen-bond donors (Lipinski definition) is 3. The Balaban J connectivity index is 2.06. The summed E-state index contributed by atoms with van der Waals surface area (Å²) in [5.41, 5.74) is 0.184. The van der Waals surface area contributed by atoms with Gasteiger partial charge in [-0.05, 0) is 24.3 Å². The Morgan fingerprint density at radius 2 is 1.86 bits per heavy atom. The zero-order valence-electron chi connectivity index (χ0n) is 11.0. The summed E-state index contributed by atoms with van der Waals surface area (Å²) in [5, 5.41) is 7.21. The third-order valence-electron chi connectivity index (χ3n) is 3.12. The Morgan fingerprint density at radius 1 is 1.09 bits per heavy atom. The summed E-state index contributed by atoms with van der Waals surface area (Å²) in [5.74, 6) is -3.00. The number of nitrogens with one attached hydrogen (secondary N) is 2. The smallest absolute Gasteiger partial charge is 0.199 e. The first-order chi connectivity index (χ1) is 10.5. The summed E-state index contributed by atoms with van der Waals surface area (Å²) in [6.07, 6.45) is 1.48. The number of fused-ring (bicyclic) bond motifs is 1. The average molecular weight is 322 g/mol. The predicted octanol–water partition coefficient (Wildman–Crippen LogP) is 4.63. The van der Waals surface area contributed by atoms with E-state index in [4.69, 9.17) is 10.1 Å². The zero-order valence-corrected chi connectivity index (χ0v) is 11.8. The van der Waals surface area contributed by atoms with Gasteiger partial charge in [-0.15, -0.1) is 12.6 Å². The van der Waals surface area contributed by atoms with Crippen molar-refractivity contribution in [2.75, 3.05) is 0 Å². The molecular formula is C15H9F3N2OS. The van der Waals surface area contributed by atoms with Crippen LogP contribution in [-0.2, 0) is 0 Å². The summed E-state index contributed by atoms with van der Waals surface area (Å²) in [4.78, 5) is 2.70. The first-order valence-electron chi connectivity index (χ1n) is 6.17. The maximum absolute atomic E-state index is 14.3. The van der Waals surface area contributed by atoms with Gasteiger partial charge in [-0.25, -0.2) is 13.2 Å². The molecule has 1 aromatic heterocycles. The maximum Gasteiger partial charge on any atom is 0.199 e. The molecule has 0 unspecified atom stereocenters. The molecule has 2 aromatic carbocycles. The van der Waals surface area contributed by atoms with Gasteiger partial charge in [-0.2, -0.15) is 0 Å². The van der Waals surface area contributed by atoms with Crippen LogP contribution in [0.25, 0.3) is 10.9 Å².